The number of benzene rings is 1. The summed E-state index contributed by atoms with van der Waals surface area (Å²) >= 11 is 0. The largest absolute Gasteiger partial charge is 0.483 e. The lowest BCUT2D eigenvalue weighted by Gasteiger charge is -2.18. The van der Waals surface area contributed by atoms with Crippen LogP contribution in [-0.4, -0.2) is 24.7 Å². The molecule has 0 aliphatic carbocycles. The van der Waals surface area contributed by atoms with Crippen molar-refractivity contribution in [2.24, 2.45) is 0 Å². The molecular formula is C18H21NO4. The first-order chi connectivity index (χ1) is 11.0. The van der Waals surface area contributed by atoms with Crippen LogP contribution in [0.3, 0.4) is 0 Å². The molecule has 0 bridgehead atoms. The van der Waals surface area contributed by atoms with Crippen molar-refractivity contribution in [1.29, 1.82) is 0 Å². The number of fused-ring (bicyclic) bond motifs is 1. The normalized spacial score (nSPS) is 14.9. The zero-order chi connectivity index (χ0) is 16.3. The molecule has 0 fully saturated rings. The number of carbonyl (C=O) groups is 1. The van der Waals surface area contributed by atoms with Crippen molar-refractivity contribution < 1.29 is 18.7 Å². The number of hydrogen-bond donors (Lipinski definition) is 1. The number of para-hydroxylation sites is 1. The lowest BCUT2D eigenvalue weighted by molar-refractivity contribution is -0.123. The maximum atomic E-state index is 11.9. The first kappa shape index (κ1) is 15.5. The summed E-state index contributed by atoms with van der Waals surface area (Å²) in [7, 11) is 0. The molecule has 0 saturated heterocycles. The van der Waals surface area contributed by atoms with Gasteiger partial charge in [0.05, 0.1) is 12.5 Å². The molecule has 3 rings (SSSR count). The van der Waals surface area contributed by atoms with Gasteiger partial charge in [0.15, 0.2) is 18.1 Å². The third-order valence-corrected chi connectivity index (χ3v) is 3.73. The summed E-state index contributed by atoms with van der Waals surface area (Å²) in [5, 5.41) is 2.83. The van der Waals surface area contributed by atoms with Crippen molar-refractivity contribution in [3.8, 4) is 11.5 Å². The van der Waals surface area contributed by atoms with Crippen LogP contribution in [0.4, 0.5) is 0 Å². The summed E-state index contributed by atoms with van der Waals surface area (Å²) in [5.41, 5.74) is 1.95. The van der Waals surface area contributed by atoms with Crippen molar-refractivity contribution in [3.05, 3.63) is 47.9 Å². The van der Waals surface area contributed by atoms with Crippen LogP contribution >= 0.6 is 0 Å². The van der Waals surface area contributed by atoms with Crippen molar-refractivity contribution in [2.75, 3.05) is 13.2 Å². The molecule has 1 N–H and O–H groups in total. The van der Waals surface area contributed by atoms with E-state index in [9.17, 15) is 4.79 Å². The third kappa shape index (κ3) is 3.86. The third-order valence-electron chi connectivity index (χ3n) is 3.73. The van der Waals surface area contributed by atoms with E-state index < -0.39 is 0 Å². The molecule has 0 unspecified atom stereocenters. The number of amides is 1. The van der Waals surface area contributed by atoms with Gasteiger partial charge in [-0.1, -0.05) is 12.1 Å². The van der Waals surface area contributed by atoms with Gasteiger partial charge in [0.2, 0.25) is 0 Å². The van der Waals surface area contributed by atoms with Crippen LogP contribution in [0.1, 0.15) is 25.0 Å². The number of nitrogens with one attached hydrogen (secondary N) is 1. The van der Waals surface area contributed by atoms with Gasteiger partial charge in [-0.05, 0) is 38.0 Å². The highest BCUT2D eigenvalue weighted by Crippen LogP contribution is 2.41. The van der Waals surface area contributed by atoms with E-state index in [0.717, 1.165) is 29.7 Å². The minimum atomic E-state index is -0.228. The second kappa shape index (κ2) is 6.36. The van der Waals surface area contributed by atoms with Crippen molar-refractivity contribution in [3.63, 3.8) is 0 Å². The zero-order valence-electron chi connectivity index (χ0n) is 13.4. The van der Waals surface area contributed by atoms with Crippen molar-refractivity contribution in [1.82, 2.24) is 5.32 Å². The fourth-order valence-electron chi connectivity index (χ4n) is 2.68. The highest BCUT2D eigenvalue weighted by atomic mass is 16.5. The molecule has 2 heterocycles. The topological polar surface area (TPSA) is 60.7 Å². The van der Waals surface area contributed by atoms with E-state index in [2.05, 4.69) is 5.32 Å². The average molecular weight is 315 g/mol. The number of hydrogen-bond acceptors (Lipinski definition) is 4. The van der Waals surface area contributed by atoms with E-state index in [1.165, 1.54) is 0 Å². The van der Waals surface area contributed by atoms with Gasteiger partial charge in [-0.2, -0.15) is 0 Å². The second-order valence-corrected chi connectivity index (χ2v) is 6.30. The highest BCUT2D eigenvalue weighted by molar-refractivity contribution is 5.77. The standard InChI is InChI=1S/C18H21NO4/c1-18(2)10-14-4-3-5-15(17(14)23-18)22-12-16(20)19-8-6-13-7-9-21-11-13/h3-5,7,9,11H,6,8,10,12H2,1-2H3,(H,19,20). The van der Waals surface area contributed by atoms with Gasteiger partial charge in [-0.25, -0.2) is 0 Å². The first-order valence-electron chi connectivity index (χ1n) is 7.75. The molecule has 5 heteroatoms. The summed E-state index contributed by atoms with van der Waals surface area (Å²) < 4.78 is 16.5. The van der Waals surface area contributed by atoms with E-state index in [-0.39, 0.29) is 18.1 Å². The summed E-state index contributed by atoms with van der Waals surface area (Å²) in [5.74, 6) is 1.23. The van der Waals surface area contributed by atoms with E-state index in [1.807, 2.05) is 38.1 Å². The Balaban J connectivity index is 1.49. The van der Waals surface area contributed by atoms with Crippen LogP contribution in [0.5, 0.6) is 11.5 Å². The van der Waals surface area contributed by atoms with Crippen LogP contribution in [-0.2, 0) is 17.6 Å². The van der Waals surface area contributed by atoms with Crippen molar-refractivity contribution in [2.45, 2.75) is 32.3 Å². The molecule has 0 radical (unpaired) electrons. The maximum absolute atomic E-state index is 11.9. The van der Waals surface area contributed by atoms with Gasteiger partial charge in [-0.15, -0.1) is 0 Å². The Labute approximate surface area is 135 Å². The van der Waals surface area contributed by atoms with Gasteiger partial charge < -0.3 is 19.2 Å². The van der Waals surface area contributed by atoms with Crippen LogP contribution in [0.15, 0.2) is 41.2 Å². The highest BCUT2D eigenvalue weighted by Gasteiger charge is 2.32. The predicted molar refractivity (Wildman–Crippen MR) is 85.8 cm³/mol. The lowest BCUT2D eigenvalue weighted by Crippen LogP contribution is -2.30. The molecule has 1 aromatic carbocycles. The van der Waals surface area contributed by atoms with Gasteiger partial charge in [0.1, 0.15) is 5.60 Å². The number of ether oxygens (including phenoxy) is 2. The average Bonchev–Trinajstić information content (AvgIpc) is 3.10. The fourth-order valence-corrected chi connectivity index (χ4v) is 2.68. The fraction of sp³-hybridized carbons (Fsp3) is 0.389. The SMILES string of the molecule is CC1(C)Cc2cccc(OCC(=O)NCCc3ccoc3)c2O1. The number of carbonyl (C=O) groups excluding carboxylic acids is 1. The van der Waals surface area contributed by atoms with Crippen LogP contribution in [0.2, 0.25) is 0 Å². The summed E-state index contributed by atoms with van der Waals surface area (Å²) in [4.78, 5) is 11.9. The van der Waals surface area contributed by atoms with Crippen LogP contribution in [0.25, 0.3) is 0 Å². The van der Waals surface area contributed by atoms with Gasteiger partial charge >= 0.3 is 0 Å². The molecule has 1 aliphatic heterocycles. The van der Waals surface area contributed by atoms with Gasteiger partial charge in [-0.3, -0.25) is 4.79 Å². The van der Waals surface area contributed by atoms with Gasteiger partial charge in [0, 0.05) is 18.5 Å². The summed E-state index contributed by atoms with van der Waals surface area (Å²) in [6, 6.07) is 7.67. The molecule has 0 atom stereocenters. The summed E-state index contributed by atoms with van der Waals surface area (Å²) in [6.45, 7) is 4.61. The smallest absolute Gasteiger partial charge is 0.257 e. The molecule has 1 amide bonds. The molecule has 0 saturated carbocycles. The minimum Gasteiger partial charge on any atom is -0.483 e. The van der Waals surface area contributed by atoms with Crippen LogP contribution in [0, 0.1) is 0 Å². The quantitative estimate of drug-likeness (QED) is 0.890. The Morgan fingerprint density at radius 3 is 3.00 bits per heavy atom. The van der Waals surface area contributed by atoms with E-state index in [1.54, 1.807) is 12.5 Å². The van der Waals surface area contributed by atoms with Crippen LogP contribution < -0.4 is 14.8 Å². The Morgan fingerprint density at radius 2 is 2.22 bits per heavy atom. The number of rotatable bonds is 6. The Morgan fingerprint density at radius 1 is 1.35 bits per heavy atom. The monoisotopic (exact) mass is 315 g/mol. The van der Waals surface area contributed by atoms with Crippen molar-refractivity contribution >= 4 is 5.91 Å². The Bertz CT molecular complexity index is 676. The Hall–Kier alpha value is -2.43. The second-order valence-electron chi connectivity index (χ2n) is 6.30. The molecule has 122 valence electrons. The molecular weight excluding hydrogens is 294 g/mol. The van der Waals surface area contributed by atoms with E-state index >= 15 is 0 Å². The molecule has 23 heavy (non-hydrogen) atoms. The predicted octanol–water partition coefficient (Wildman–Crippen LogP) is 2.73. The Kier molecular flexibility index (Phi) is 4.28. The maximum Gasteiger partial charge on any atom is 0.257 e. The minimum absolute atomic E-state index is 0.0222. The lowest BCUT2D eigenvalue weighted by atomic mass is 10.0. The van der Waals surface area contributed by atoms with Gasteiger partial charge in [0.25, 0.3) is 5.91 Å². The summed E-state index contributed by atoms with van der Waals surface area (Å²) in [6.07, 6.45) is 4.88. The molecule has 0 spiro atoms. The molecule has 5 nitrogen and oxygen atoms in total. The van der Waals surface area contributed by atoms with E-state index in [4.69, 9.17) is 13.9 Å². The molecule has 1 aliphatic rings. The molecule has 2 aromatic rings. The molecule has 1 aromatic heterocycles. The number of furan rings is 1. The first-order valence-corrected chi connectivity index (χ1v) is 7.75. The zero-order valence-corrected chi connectivity index (χ0v) is 13.4. The van der Waals surface area contributed by atoms with E-state index in [0.29, 0.717) is 12.3 Å².